The second kappa shape index (κ2) is 16.8. The summed E-state index contributed by atoms with van der Waals surface area (Å²) in [5, 5.41) is 7.07. The zero-order valence-corrected chi connectivity index (χ0v) is 39.3. The van der Waals surface area contributed by atoms with Gasteiger partial charge in [-0.25, -0.2) is 0 Å². The van der Waals surface area contributed by atoms with Crippen molar-refractivity contribution < 1.29 is 4.42 Å². The molecule has 0 amide bonds. The molecule has 0 radical (unpaired) electrons. The molecule has 71 heavy (non-hydrogen) atoms. The molecule has 0 spiro atoms. The third kappa shape index (κ3) is 6.81. The number of anilines is 6. The SMILES string of the molecule is c1ccc(-c2ccc(N(c3ccccc3)c3cc(N(c4ccccc4)c4ccc5c(c4)sc4ccccc45)ccc3-c3cc4c5ccccc5n(-c5ccccc5)c4c4c3oc3ccccc34)cc2)cc1. The molecule has 11 aromatic carbocycles. The smallest absolute Gasteiger partial charge is 0.145 e. The quantitative estimate of drug-likeness (QED) is 0.144. The van der Waals surface area contributed by atoms with Gasteiger partial charge in [-0.2, -0.15) is 0 Å². The van der Waals surface area contributed by atoms with Gasteiger partial charge in [-0.15, -0.1) is 11.3 Å². The van der Waals surface area contributed by atoms with Gasteiger partial charge in [0.15, 0.2) is 0 Å². The lowest BCUT2D eigenvalue weighted by atomic mass is 9.95. The standard InChI is InChI=1S/C66H43N3OS/c1-5-19-44(20-6-1)45-33-35-49(36-34-45)68(47-23-9-3-10-24-47)60-41-50(67(46-21-7-2-8-22-46)51-38-40-55-54-28-15-18-32-62(54)71-63(55)42-51)37-39-53(60)58-43-57-52-27-13-16-30-59(52)69(48-25-11-4-12-26-48)65(57)64-56-29-14-17-31-61(56)70-66(58)64/h1-43H. The first kappa shape index (κ1) is 40.9. The minimum atomic E-state index is 0.843. The molecule has 5 heteroatoms. The van der Waals surface area contributed by atoms with Crippen molar-refractivity contribution in [3.8, 4) is 27.9 Å². The summed E-state index contributed by atoms with van der Waals surface area (Å²) in [5.74, 6) is 0. The summed E-state index contributed by atoms with van der Waals surface area (Å²) < 4.78 is 12.1. The van der Waals surface area contributed by atoms with Gasteiger partial charge in [-0.3, -0.25) is 0 Å². The fraction of sp³-hybridized carbons (Fsp3) is 0. The molecular weight excluding hydrogens is 883 g/mol. The Bertz CT molecular complexity index is 4270. The van der Waals surface area contributed by atoms with Crippen molar-refractivity contribution in [2.24, 2.45) is 0 Å². The van der Waals surface area contributed by atoms with E-state index in [2.05, 4.69) is 275 Å². The van der Waals surface area contributed by atoms with E-state index in [1.165, 1.54) is 31.1 Å². The Labute approximate surface area is 414 Å². The Hall–Kier alpha value is -9.16. The second-order valence-electron chi connectivity index (χ2n) is 18.0. The van der Waals surface area contributed by atoms with Crippen LogP contribution in [0, 0.1) is 0 Å². The molecule has 0 aliphatic carbocycles. The summed E-state index contributed by atoms with van der Waals surface area (Å²) in [6.07, 6.45) is 0. The number of hydrogen-bond donors (Lipinski definition) is 0. The molecule has 0 atom stereocenters. The van der Waals surface area contributed by atoms with Gasteiger partial charge in [-0.05, 0) is 108 Å². The Morgan fingerprint density at radius 3 is 1.66 bits per heavy atom. The van der Waals surface area contributed by atoms with E-state index in [0.717, 1.165) is 94.9 Å². The highest BCUT2D eigenvalue weighted by Gasteiger charge is 2.27. The number of furan rings is 1. The van der Waals surface area contributed by atoms with Crippen LogP contribution in [-0.4, -0.2) is 4.57 Å². The average Bonchev–Trinajstić information content (AvgIpc) is 4.12. The van der Waals surface area contributed by atoms with Gasteiger partial charge in [0, 0.05) is 81.6 Å². The van der Waals surface area contributed by atoms with Crippen LogP contribution < -0.4 is 9.80 Å². The molecular formula is C66H43N3OS. The summed E-state index contributed by atoms with van der Waals surface area (Å²) in [4.78, 5) is 4.81. The molecule has 0 bridgehead atoms. The fourth-order valence-electron chi connectivity index (χ4n) is 10.8. The number of hydrogen-bond acceptors (Lipinski definition) is 4. The zero-order valence-electron chi connectivity index (χ0n) is 38.5. The van der Waals surface area contributed by atoms with Gasteiger partial charge < -0.3 is 18.8 Å². The Kier molecular flexibility index (Phi) is 9.68. The Balaban J connectivity index is 1.08. The Morgan fingerprint density at radius 2 is 0.901 bits per heavy atom. The van der Waals surface area contributed by atoms with E-state index in [1.807, 2.05) is 11.3 Å². The first-order valence-corrected chi connectivity index (χ1v) is 24.9. The summed E-state index contributed by atoms with van der Waals surface area (Å²) in [6, 6.07) is 94.1. The van der Waals surface area contributed by atoms with E-state index < -0.39 is 0 Å². The maximum atomic E-state index is 7.18. The van der Waals surface area contributed by atoms with Crippen LogP contribution in [0.5, 0.6) is 0 Å². The minimum Gasteiger partial charge on any atom is -0.455 e. The zero-order chi connectivity index (χ0) is 46.8. The van der Waals surface area contributed by atoms with Gasteiger partial charge in [0.25, 0.3) is 0 Å². The van der Waals surface area contributed by atoms with Crippen molar-refractivity contribution in [3.05, 3.63) is 261 Å². The van der Waals surface area contributed by atoms with Crippen LogP contribution >= 0.6 is 11.3 Å². The van der Waals surface area contributed by atoms with Crippen LogP contribution in [0.4, 0.5) is 34.1 Å². The molecule has 0 aliphatic rings. The molecule has 0 saturated heterocycles. The van der Waals surface area contributed by atoms with Crippen LogP contribution in [0.3, 0.4) is 0 Å². The Morgan fingerprint density at radius 1 is 0.352 bits per heavy atom. The first-order valence-electron chi connectivity index (χ1n) is 24.1. The molecule has 14 aromatic rings. The maximum Gasteiger partial charge on any atom is 0.145 e. The predicted octanol–water partition coefficient (Wildman–Crippen LogP) is 19.3. The topological polar surface area (TPSA) is 24.6 Å². The van der Waals surface area contributed by atoms with E-state index >= 15 is 0 Å². The molecule has 4 nitrogen and oxygen atoms in total. The summed E-state index contributed by atoms with van der Waals surface area (Å²) in [7, 11) is 0. The van der Waals surface area contributed by atoms with Crippen molar-refractivity contribution in [2.45, 2.75) is 0 Å². The molecule has 3 aromatic heterocycles. The van der Waals surface area contributed by atoms with Crippen LogP contribution in [0.2, 0.25) is 0 Å². The number of para-hydroxylation sites is 5. The number of benzene rings is 11. The lowest BCUT2D eigenvalue weighted by Gasteiger charge is -2.31. The van der Waals surface area contributed by atoms with Crippen molar-refractivity contribution in [1.82, 2.24) is 4.57 Å². The molecule has 0 unspecified atom stereocenters. The lowest BCUT2D eigenvalue weighted by molar-refractivity contribution is 0.670. The highest BCUT2D eigenvalue weighted by Crippen LogP contribution is 2.51. The highest BCUT2D eigenvalue weighted by molar-refractivity contribution is 7.25. The molecule has 334 valence electrons. The molecule has 0 fully saturated rings. The molecule has 0 saturated carbocycles. The number of thiophene rings is 1. The predicted molar refractivity (Wildman–Crippen MR) is 301 cm³/mol. The van der Waals surface area contributed by atoms with E-state index in [9.17, 15) is 0 Å². The van der Waals surface area contributed by atoms with Crippen LogP contribution in [0.1, 0.15) is 0 Å². The van der Waals surface area contributed by atoms with Crippen molar-refractivity contribution in [1.29, 1.82) is 0 Å². The largest absolute Gasteiger partial charge is 0.455 e. The van der Waals surface area contributed by atoms with Crippen molar-refractivity contribution in [3.63, 3.8) is 0 Å². The van der Waals surface area contributed by atoms with E-state index in [1.54, 1.807) is 0 Å². The van der Waals surface area contributed by atoms with Gasteiger partial charge in [0.05, 0.1) is 22.1 Å². The number of aromatic nitrogens is 1. The van der Waals surface area contributed by atoms with Crippen LogP contribution in [0.25, 0.3) is 91.9 Å². The van der Waals surface area contributed by atoms with Crippen molar-refractivity contribution >= 4 is 109 Å². The summed E-state index contributed by atoms with van der Waals surface area (Å²) in [5.41, 5.74) is 15.7. The van der Waals surface area contributed by atoms with E-state index in [-0.39, 0.29) is 0 Å². The number of nitrogens with zero attached hydrogens (tertiary/aromatic N) is 3. The minimum absolute atomic E-state index is 0.843. The highest BCUT2D eigenvalue weighted by atomic mass is 32.1. The number of fused-ring (bicyclic) bond motifs is 10. The van der Waals surface area contributed by atoms with E-state index in [4.69, 9.17) is 4.42 Å². The van der Waals surface area contributed by atoms with Gasteiger partial charge in [0.2, 0.25) is 0 Å². The number of rotatable bonds is 9. The monoisotopic (exact) mass is 925 g/mol. The third-order valence-electron chi connectivity index (χ3n) is 13.9. The van der Waals surface area contributed by atoms with Gasteiger partial charge in [0.1, 0.15) is 11.2 Å². The maximum absolute atomic E-state index is 7.18. The molecule has 0 aliphatic heterocycles. The summed E-state index contributed by atoms with van der Waals surface area (Å²) in [6.45, 7) is 0. The first-order chi connectivity index (χ1) is 35.2. The molecule has 0 N–H and O–H groups in total. The second-order valence-corrected chi connectivity index (χ2v) is 19.1. The van der Waals surface area contributed by atoms with Gasteiger partial charge >= 0.3 is 0 Å². The lowest BCUT2D eigenvalue weighted by Crippen LogP contribution is -2.14. The molecule has 3 heterocycles. The third-order valence-corrected chi connectivity index (χ3v) is 15.1. The van der Waals surface area contributed by atoms with Crippen LogP contribution in [0.15, 0.2) is 265 Å². The van der Waals surface area contributed by atoms with Gasteiger partial charge in [-0.1, -0.05) is 164 Å². The summed E-state index contributed by atoms with van der Waals surface area (Å²) >= 11 is 1.84. The van der Waals surface area contributed by atoms with Crippen LogP contribution in [-0.2, 0) is 0 Å². The van der Waals surface area contributed by atoms with Crippen molar-refractivity contribution in [2.75, 3.05) is 9.80 Å². The van der Waals surface area contributed by atoms with E-state index in [0.29, 0.717) is 0 Å². The average molecular weight is 926 g/mol. The normalized spacial score (nSPS) is 11.7. The molecule has 14 rings (SSSR count). The fourth-order valence-corrected chi connectivity index (χ4v) is 11.9.